The Kier molecular flexibility index (Phi) is 10.4. The van der Waals surface area contributed by atoms with Gasteiger partial charge in [0.15, 0.2) is 0 Å². The molecule has 2 atom stereocenters. The van der Waals surface area contributed by atoms with Gasteiger partial charge in [0.05, 0.1) is 19.1 Å². The Hall–Kier alpha value is -2.78. The molecule has 0 spiro atoms. The van der Waals surface area contributed by atoms with Gasteiger partial charge in [-0.25, -0.2) is 8.42 Å². The number of anilines is 1. The Morgan fingerprint density at radius 1 is 1.09 bits per heavy atom. The molecule has 0 saturated carbocycles. The predicted octanol–water partition coefficient (Wildman–Crippen LogP) is 3.84. The smallest absolute Gasteiger partial charge is 0.244 e. The van der Waals surface area contributed by atoms with Gasteiger partial charge in [-0.3, -0.25) is 13.9 Å². The maximum Gasteiger partial charge on any atom is 0.244 e. The lowest BCUT2D eigenvalue weighted by atomic mass is 10.1. The molecule has 0 saturated heterocycles. The molecular weight excluding hydrogens is 490 g/mol. The highest BCUT2D eigenvalue weighted by molar-refractivity contribution is 7.92. The largest absolute Gasteiger partial charge is 0.497 e. The molecule has 1 N–H and O–H groups in total. The Morgan fingerprint density at radius 2 is 1.74 bits per heavy atom. The molecule has 192 valence electrons. The molecule has 0 heterocycles. The summed E-state index contributed by atoms with van der Waals surface area (Å²) in [6, 6.07) is 12.6. The number of hydrogen-bond acceptors (Lipinski definition) is 5. The molecule has 0 aliphatic rings. The molecule has 35 heavy (non-hydrogen) atoms. The van der Waals surface area contributed by atoms with E-state index >= 15 is 0 Å². The Morgan fingerprint density at radius 3 is 2.29 bits per heavy atom. The second kappa shape index (κ2) is 12.8. The second-order valence-electron chi connectivity index (χ2n) is 8.36. The minimum absolute atomic E-state index is 0.0617. The van der Waals surface area contributed by atoms with E-state index in [-0.39, 0.29) is 18.5 Å². The highest BCUT2D eigenvalue weighted by Crippen LogP contribution is 2.24. The van der Waals surface area contributed by atoms with Gasteiger partial charge in [-0.1, -0.05) is 43.6 Å². The van der Waals surface area contributed by atoms with E-state index < -0.39 is 28.5 Å². The van der Waals surface area contributed by atoms with Gasteiger partial charge in [-0.05, 0) is 49.6 Å². The first-order valence-electron chi connectivity index (χ1n) is 11.5. The van der Waals surface area contributed by atoms with Crippen LogP contribution in [0.5, 0.6) is 5.75 Å². The van der Waals surface area contributed by atoms with E-state index in [0.29, 0.717) is 22.9 Å². The number of sulfonamides is 1. The molecular formula is C25H34ClN3O5S. The van der Waals surface area contributed by atoms with Crippen LogP contribution in [-0.4, -0.2) is 57.1 Å². The van der Waals surface area contributed by atoms with Gasteiger partial charge < -0.3 is 15.0 Å². The lowest BCUT2D eigenvalue weighted by Crippen LogP contribution is -2.53. The summed E-state index contributed by atoms with van der Waals surface area (Å²) < 4.78 is 31.6. The summed E-state index contributed by atoms with van der Waals surface area (Å²) in [7, 11) is -2.34. The molecule has 0 aromatic heterocycles. The summed E-state index contributed by atoms with van der Waals surface area (Å²) in [5, 5.41) is 3.49. The lowest BCUT2D eigenvalue weighted by Gasteiger charge is -2.33. The average Bonchev–Trinajstić information content (AvgIpc) is 2.82. The van der Waals surface area contributed by atoms with Crippen LogP contribution in [0.2, 0.25) is 5.02 Å². The van der Waals surface area contributed by atoms with Gasteiger partial charge >= 0.3 is 0 Å². The van der Waals surface area contributed by atoms with Crippen LogP contribution in [0, 0.1) is 0 Å². The van der Waals surface area contributed by atoms with Gasteiger partial charge in [0.25, 0.3) is 0 Å². The Labute approximate surface area is 213 Å². The van der Waals surface area contributed by atoms with Crippen molar-refractivity contribution in [1.82, 2.24) is 10.2 Å². The zero-order valence-electron chi connectivity index (χ0n) is 20.8. The van der Waals surface area contributed by atoms with Gasteiger partial charge in [-0.15, -0.1) is 0 Å². The molecule has 10 heteroatoms. The van der Waals surface area contributed by atoms with Gasteiger partial charge in [0.1, 0.15) is 18.3 Å². The summed E-state index contributed by atoms with van der Waals surface area (Å²) in [6.07, 6.45) is 2.14. The topological polar surface area (TPSA) is 96.0 Å². The molecule has 0 fully saturated rings. The molecule has 2 amide bonds. The number of carbonyl (C=O) groups excluding carboxylic acids is 2. The summed E-state index contributed by atoms with van der Waals surface area (Å²) in [5.74, 6) is -0.322. The van der Waals surface area contributed by atoms with Gasteiger partial charge in [0.2, 0.25) is 21.8 Å². The van der Waals surface area contributed by atoms with Crippen molar-refractivity contribution < 1.29 is 22.7 Å². The number of nitrogens with one attached hydrogen (secondary N) is 1. The molecule has 2 aromatic carbocycles. The second-order valence-corrected chi connectivity index (χ2v) is 10.7. The lowest BCUT2D eigenvalue weighted by molar-refractivity contribution is -0.140. The van der Waals surface area contributed by atoms with Crippen LogP contribution in [0.15, 0.2) is 48.5 Å². The van der Waals surface area contributed by atoms with E-state index in [1.54, 1.807) is 48.5 Å². The third-order valence-corrected chi connectivity index (χ3v) is 7.07. The third-order valence-electron chi connectivity index (χ3n) is 5.67. The first-order chi connectivity index (χ1) is 16.5. The molecule has 2 aromatic rings. The molecule has 0 aliphatic heterocycles. The number of nitrogens with zero attached hydrogens (tertiary/aromatic N) is 2. The fourth-order valence-corrected chi connectivity index (χ4v) is 4.49. The quantitative estimate of drug-likeness (QED) is 0.456. The fourth-order valence-electron chi connectivity index (χ4n) is 3.53. The monoisotopic (exact) mass is 523 g/mol. The van der Waals surface area contributed by atoms with E-state index in [0.717, 1.165) is 22.5 Å². The maximum atomic E-state index is 13.6. The minimum atomic E-state index is -3.81. The van der Waals surface area contributed by atoms with Crippen molar-refractivity contribution >= 4 is 39.1 Å². The highest BCUT2D eigenvalue weighted by Gasteiger charge is 2.32. The first-order valence-corrected chi connectivity index (χ1v) is 13.7. The van der Waals surface area contributed by atoms with E-state index in [1.807, 2.05) is 20.8 Å². The van der Waals surface area contributed by atoms with E-state index in [4.69, 9.17) is 16.3 Å². The van der Waals surface area contributed by atoms with Crippen LogP contribution in [0.1, 0.15) is 39.2 Å². The number of ether oxygens (including phenoxy) is 1. The summed E-state index contributed by atoms with van der Waals surface area (Å²) in [6.45, 7) is 5.33. The fraction of sp³-hybridized carbons (Fsp3) is 0.440. The normalized spacial score (nSPS) is 13.0. The van der Waals surface area contributed by atoms with E-state index in [9.17, 15) is 18.0 Å². The zero-order valence-corrected chi connectivity index (χ0v) is 22.4. The minimum Gasteiger partial charge on any atom is -0.497 e. The van der Waals surface area contributed by atoms with Crippen LogP contribution >= 0.6 is 11.6 Å². The van der Waals surface area contributed by atoms with E-state index in [2.05, 4.69) is 5.32 Å². The molecule has 0 unspecified atom stereocenters. The van der Waals surface area contributed by atoms with Crippen molar-refractivity contribution in [3.05, 3.63) is 59.1 Å². The summed E-state index contributed by atoms with van der Waals surface area (Å²) >= 11 is 6.01. The Bertz CT molecular complexity index is 1110. The molecule has 2 rings (SSSR count). The molecule has 0 radical (unpaired) electrons. The molecule has 8 nitrogen and oxygen atoms in total. The van der Waals surface area contributed by atoms with E-state index in [1.165, 1.54) is 12.0 Å². The van der Waals surface area contributed by atoms with Crippen LogP contribution in [0.25, 0.3) is 0 Å². The highest BCUT2D eigenvalue weighted by atomic mass is 35.5. The molecule has 0 aliphatic carbocycles. The summed E-state index contributed by atoms with van der Waals surface area (Å²) in [4.78, 5) is 28.2. The number of amides is 2. The first kappa shape index (κ1) is 28.5. The van der Waals surface area contributed by atoms with Gasteiger partial charge in [-0.2, -0.15) is 0 Å². The number of rotatable bonds is 12. The van der Waals surface area contributed by atoms with Crippen LogP contribution < -0.4 is 14.4 Å². The maximum absolute atomic E-state index is 13.6. The van der Waals surface area contributed by atoms with Gasteiger partial charge in [0, 0.05) is 23.7 Å². The van der Waals surface area contributed by atoms with Crippen molar-refractivity contribution in [2.24, 2.45) is 0 Å². The Balaban J connectivity index is 2.44. The number of hydrogen-bond donors (Lipinski definition) is 1. The number of carbonyl (C=O) groups is 2. The van der Waals surface area contributed by atoms with Crippen molar-refractivity contribution in [2.75, 3.05) is 24.2 Å². The number of methoxy groups -OCH3 is 1. The average molecular weight is 524 g/mol. The standard InChI is InChI=1S/C25H34ClN3O5S/c1-6-18(3)27-25(31)23(7-2)28(16-19-11-13-20(26)14-12-19)24(30)17-29(35(5,32)33)21-9-8-10-22(15-21)34-4/h8-15,18,23H,6-7,16-17H2,1-5H3,(H,27,31)/t18-,23-/m1/s1. The third kappa shape index (κ3) is 8.14. The zero-order chi connectivity index (χ0) is 26.2. The van der Waals surface area contributed by atoms with Crippen LogP contribution in [0.3, 0.4) is 0 Å². The predicted molar refractivity (Wildman–Crippen MR) is 139 cm³/mol. The number of benzene rings is 2. The van der Waals surface area contributed by atoms with Crippen molar-refractivity contribution in [2.45, 2.75) is 52.2 Å². The van der Waals surface area contributed by atoms with Crippen LogP contribution in [0.4, 0.5) is 5.69 Å². The van der Waals surface area contributed by atoms with Crippen molar-refractivity contribution in [1.29, 1.82) is 0 Å². The van der Waals surface area contributed by atoms with Crippen molar-refractivity contribution in [3.8, 4) is 5.75 Å². The molecule has 0 bridgehead atoms. The SMILES string of the molecule is CC[C@@H](C)NC(=O)[C@@H](CC)N(Cc1ccc(Cl)cc1)C(=O)CN(c1cccc(OC)c1)S(C)(=O)=O. The van der Waals surface area contributed by atoms with Crippen molar-refractivity contribution in [3.63, 3.8) is 0 Å². The number of halogens is 1. The summed E-state index contributed by atoms with van der Waals surface area (Å²) in [5.41, 5.74) is 1.06. The van der Waals surface area contributed by atoms with Crippen LogP contribution in [-0.2, 0) is 26.2 Å².